The number of para-hydroxylation sites is 1. The van der Waals surface area contributed by atoms with Crippen LogP contribution < -0.4 is 9.80 Å². The van der Waals surface area contributed by atoms with Gasteiger partial charge in [-0.25, -0.2) is 0 Å². The highest BCUT2D eigenvalue weighted by atomic mass is 35.5. The normalized spacial score (nSPS) is 30.0. The molecular formula is C35H31Cl2N5O5. The molecule has 4 amide bonds. The van der Waals surface area contributed by atoms with Gasteiger partial charge in [-0.15, -0.1) is 23.2 Å². The minimum absolute atomic E-state index is 0.117. The number of rotatable bonds is 5. The molecule has 0 bridgehead atoms. The SMILES string of the molecule is CN1C(=O)[C@]2(Cl)C[C@@H]3C(=CC[C@@H]4C(=O)N(c5ccc(N=Nc6ccc(N(C)C)cc6)cc5)C(=O)[C@@H]43)[C@H](c3ccccc3O)[C@]2(Cl)C1=O. The van der Waals surface area contributed by atoms with Crippen molar-refractivity contribution in [2.24, 2.45) is 28.0 Å². The third-order valence-corrected chi connectivity index (χ3v) is 11.4. The lowest BCUT2D eigenvalue weighted by Gasteiger charge is -2.50. The molecule has 240 valence electrons. The molecule has 0 spiro atoms. The number of benzene rings is 3. The maximum Gasteiger partial charge on any atom is 0.253 e. The molecular weight excluding hydrogens is 641 g/mol. The van der Waals surface area contributed by atoms with Gasteiger partial charge in [-0.1, -0.05) is 29.8 Å². The number of nitrogens with zero attached hydrogens (tertiary/aromatic N) is 5. The number of imide groups is 2. The van der Waals surface area contributed by atoms with Crippen molar-refractivity contribution in [1.82, 2.24) is 4.90 Å². The fraction of sp³-hybridized carbons (Fsp3) is 0.314. The number of halogens is 2. The van der Waals surface area contributed by atoms with Gasteiger partial charge in [0.25, 0.3) is 11.8 Å². The fourth-order valence-electron chi connectivity index (χ4n) is 7.68. The van der Waals surface area contributed by atoms with Crippen LogP contribution in [0.3, 0.4) is 0 Å². The van der Waals surface area contributed by atoms with Crippen LogP contribution in [0.25, 0.3) is 0 Å². The molecule has 12 heteroatoms. The molecule has 6 atom stereocenters. The van der Waals surface area contributed by atoms with Gasteiger partial charge in [0.05, 0.1) is 28.9 Å². The average Bonchev–Trinajstić information content (AvgIpc) is 3.39. The van der Waals surface area contributed by atoms with Gasteiger partial charge in [-0.3, -0.25) is 29.0 Å². The summed E-state index contributed by atoms with van der Waals surface area (Å²) in [4.78, 5) is 55.5. The monoisotopic (exact) mass is 671 g/mol. The average molecular weight is 673 g/mol. The number of allylic oxidation sites excluding steroid dienone is 2. The zero-order valence-electron chi connectivity index (χ0n) is 25.8. The molecule has 4 aliphatic rings. The molecule has 2 aliphatic heterocycles. The summed E-state index contributed by atoms with van der Waals surface area (Å²) >= 11 is 14.3. The molecule has 1 saturated carbocycles. The van der Waals surface area contributed by atoms with Gasteiger partial charge in [0, 0.05) is 38.3 Å². The molecule has 1 N–H and O–H groups in total. The number of hydrogen-bond donors (Lipinski definition) is 1. The topological polar surface area (TPSA) is 123 Å². The van der Waals surface area contributed by atoms with Crippen molar-refractivity contribution in [3.63, 3.8) is 0 Å². The summed E-state index contributed by atoms with van der Waals surface area (Å²) in [7, 11) is 5.24. The Balaban J connectivity index is 1.21. The van der Waals surface area contributed by atoms with Crippen molar-refractivity contribution in [3.8, 4) is 5.75 Å². The van der Waals surface area contributed by atoms with Crippen LogP contribution in [-0.2, 0) is 19.2 Å². The van der Waals surface area contributed by atoms with Gasteiger partial charge < -0.3 is 10.0 Å². The van der Waals surface area contributed by atoms with Crippen LogP contribution in [0.1, 0.15) is 24.3 Å². The van der Waals surface area contributed by atoms with Crippen LogP contribution in [0.5, 0.6) is 5.75 Å². The van der Waals surface area contributed by atoms with E-state index in [4.69, 9.17) is 23.2 Å². The minimum atomic E-state index is -1.95. The van der Waals surface area contributed by atoms with Gasteiger partial charge in [-0.2, -0.15) is 10.2 Å². The van der Waals surface area contributed by atoms with Crippen molar-refractivity contribution < 1.29 is 24.3 Å². The number of carbonyl (C=O) groups excluding carboxylic acids is 4. The van der Waals surface area contributed by atoms with E-state index in [-0.39, 0.29) is 24.5 Å². The predicted molar refractivity (Wildman–Crippen MR) is 177 cm³/mol. The van der Waals surface area contributed by atoms with Crippen molar-refractivity contribution in [3.05, 3.63) is 90.0 Å². The number of amides is 4. The van der Waals surface area contributed by atoms with Crippen LogP contribution in [-0.4, -0.2) is 64.5 Å². The molecule has 2 aliphatic carbocycles. The van der Waals surface area contributed by atoms with Crippen molar-refractivity contribution in [2.45, 2.75) is 28.5 Å². The Labute approximate surface area is 281 Å². The Kier molecular flexibility index (Phi) is 7.29. The van der Waals surface area contributed by atoms with Crippen molar-refractivity contribution >= 4 is 69.6 Å². The molecule has 0 aromatic heterocycles. The Morgan fingerprint density at radius 1 is 0.830 bits per heavy atom. The highest BCUT2D eigenvalue weighted by molar-refractivity contribution is 6.53. The third kappa shape index (κ3) is 4.45. The van der Waals surface area contributed by atoms with E-state index in [0.29, 0.717) is 28.2 Å². The van der Waals surface area contributed by atoms with Crippen LogP contribution >= 0.6 is 23.2 Å². The third-order valence-electron chi connectivity index (χ3n) is 10.0. The first-order valence-corrected chi connectivity index (χ1v) is 16.0. The predicted octanol–water partition coefficient (Wildman–Crippen LogP) is 6.07. The molecule has 3 aromatic carbocycles. The van der Waals surface area contributed by atoms with E-state index < -0.39 is 51.1 Å². The first kappa shape index (κ1) is 31.1. The van der Waals surface area contributed by atoms with Gasteiger partial charge in [-0.05, 0) is 73.4 Å². The second kappa shape index (κ2) is 11.0. The van der Waals surface area contributed by atoms with Gasteiger partial charge >= 0.3 is 0 Å². The molecule has 0 unspecified atom stereocenters. The second-order valence-electron chi connectivity index (χ2n) is 12.7. The standard InChI is InChI=1S/C35H31Cl2N5O5/c1-40(2)21-12-8-19(9-13-21)38-39-20-10-14-22(15-11-20)42-30(44)25-17-16-23-26(28(25)31(42)45)18-34(36)32(46)41(3)33(47)35(34,37)29(23)24-6-4-5-7-27(24)43/h4-16,25-26,28-29,43H,17-18H2,1-3H3/t25-,26+,28-,29+,34+,35-/m0/s1. The Bertz CT molecular complexity index is 1890. The van der Waals surface area contributed by atoms with Gasteiger partial charge in [0.2, 0.25) is 11.8 Å². The highest BCUT2D eigenvalue weighted by Crippen LogP contribution is 2.66. The number of likely N-dealkylation sites (tertiary alicyclic amines) is 1. The highest BCUT2D eigenvalue weighted by Gasteiger charge is 2.76. The smallest absolute Gasteiger partial charge is 0.253 e. The molecule has 3 fully saturated rings. The van der Waals surface area contributed by atoms with E-state index >= 15 is 0 Å². The maximum atomic E-state index is 14.2. The summed E-state index contributed by atoms with van der Waals surface area (Å²) in [6.07, 6.45) is 1.94. The molecule has 47 heavy (non-hydrogen) atoms. The van der Waals surface area contributed by atoms with E-state index in [1.165, 1.54) is 18.0 Å². The van der Waals surface area contributed by atoms with E-state index in [0.717, 1.165) is 10.6 Å². The summed E-state index contributed by atoms with van der Waals surface area (Å²) in [5.41, 5.74) is 3.59. The van der Waals surface area contributed by atoms with Crippen LogP contribution in [0.4, 0.5) is 22.7 Å². The number of phenolic OH excluding ortho intramolecular Hbond substituents is 1. The number of azo groups is 1. The Morgan fingerprint density at radius 3 is 2.06 bits per heavy atom. The summed E-state index contributed by atoms with van der Waals surface area (Å²) < 4.78 is 0. The van der Waals surface area contributed by atoms with Gasteiger partial charge in [0.1, 0.15) is 5.75 Å². The minimum Gasteiger partial charge on any atom is -0.508 e. The lowest BCUT2D eigenvalue weighted by Crippen LogP contribution is -2.60. The maximum absolute atomic E-state index is 14.2. The molecule has 0 radical (unpaired) electrons. The number of carbonyl (C=O) groups is 4. The molecule has 2 heterocycles. The molecule has 3 aromatic rings. The molecule has 7 rings (SSSR count). The molecule has 10 nitrogen and oxygen atoms in total. The summed E-state index contributed by atoms with van der Waals surface area (Å²) in [5.74, 6) is -5.47. The van der Waals surface area contributed by atoms with E-state index in [1.807, 2.05) is 49.3 Å². The van der Waals surface area contributed by atoms with E-state index in [1.54, 1.807) is 42.5 Å². The fourth-order valence-corrected chi connectivity index (χ4v) is 8.69. The largest absolute Gasteiger partial charge is 0.508 e. The van der Waals surface area contributed by atoms with E-state index in [9.17, 15) is 24.3 Å². The van der Waals surface area contributed by atoms with Crippen LogP contribution in [0.15, 0.2) is 94.7 Å². The Hall–Kier alpha value is -4.54. The van der Waals surface area contributed by atoms with Gasteiger partial charge in [0.15, 0.2) is 9.75 Å². The quantitative estimate of drug-likeness (QED) is 0.152. The van der Waals surface area contributed by atoms with Crippen LogP contribution in [0, 0.1) is 17.8 Å². The zero-order chi connectivity index (χ0) is 33.4. The lowest BCUT2D eigenvalue weighted by atomic mass is 9.56. The number of phenols is 1. The van der Waals surface area contributed by atoms with Crippen molar-refractivity contribution in [2.75, 3.05) is 30.9 Å². The first-order valence-electron chi connectivity index (χ1n) is 15.2. The summed E-state index contributed by atoms with van der Waals surface area (Å²) in [5, 5.41) is 19.5. The summed E-state index contributed by atoms with van der Waals surface area (Å²) in [6, 6.07) is 20.7. The molecule has 2 saturated heterocycles. The number of anilines is 2. The Morgan fingerprint density at radius 2 is 1.45 bits per heavy atom. The number of aromatic hydroxyl groups is 1. The second-order valence-corrected chi connectivity index (χ2v) is 13.9. The summed E-state index contributed by atoms with van der Waals surface area (Å²) in [6.45, 7) is 0. The van der Waals surface area contributed by atoms with E-state index in [2.05, 4.69) is 10.2 Å². The zero-order valence-corrected chi connectivity index (χ0v) is 27.3. The number of alkyl halides is 2. The number of hydrogen-bond acceptors (Lipinski definition) is 8. The first-order chi connectivity index (χ1) is 22.4. The lowest BCUT2D eigenvalue weighted by molar-refractivity contribution is -0.138. The number of fused-ring (bicyclic) bond motifs is 4. The van der Waals surface area contributed by atoms with Crippen molar-refractivity contribution in [1.29, 1.82) is 0 Å². The van der Waals surface area contributed by atoms with Crippen LogP contribution in [0.2, 0.25) is 0 Å².